The van der Waals surface area contributed by atoms with Crippen molar-refractivity contribution in [2.45, 2.75) is 32.1 Å². The van der Waals surface area contributed by atoms with Crippen LogP contribution in [0.4, 0.5) is 0 Å². The molecule has 10 heteroatoms. The number of amides is 1. The highest BCUT2D eigenvalue weighted by atomic mass is 35.5. The average Bonchev–Trinajstić information content (AvgIpc) is 3.20. The third-order valence-corrected chi connectivity index (χ3v) is 7.75. The van der Waals surface area contributed by atoms with Gasteiger partial charge in [0.1, 0.15) is 9.71 Å². The fraction of sp³-hybridized carbons (Fsp3) is 0.231. The van der Waals surface area contributed by atoms with Crippen molar-refractivity contribution in [3.63, 3.8) is 0 Å². The fourth-order valence-electron chi connectivity index (χ4n) is 3.63. The number of halogens is 1. The van der Waals surface area contributed by atoms with Gasteiger partial charge in [-0.3, -0.25) is 14.2 Å². The second-order valence-corrected chi connectivity index (χ2v) is 10.3. The summed E-state index contributed by atoms with van der Waals surface area (Å²) in [6.45, 7) is 4.32. The number of nitrogens with one attached hydrogen (secondary N) is 1. The van der Waals surface area contributed by atoms with Crippen LogP contribution in [0.5, 0.6) is 0 Å². The van der Waals surface area contributed by atoms with Gasteiger partial charge in [-0.1, -0.05) is 65.8 Å². The zero-order chi connectivity index (χ0) is 25.7. The van der Waals surface area contributed by atoms with Gasteiger partial charge in [-0.25, -0.2) is 9.78 Å². The van der Waals surface area contributed by atoms with Crippen LogP contribution in [0.2, 0.25) is 5.02 Å². The van der Waals surface area contributed by atoms with Gasteiger partial charge in [-0.2, -0.15) is 0 Å². The molecule has 1 N–H and O–H groups in total. The van der Waals surface area contributed by atoms with Gasteiger partial charge in [-0.15, -0.1) is 11.3 Å². The Morgan fingerprint density at radius 3 is 2.61 bits per heavy atom. The van der Waals surface area contributed by atoms with Crippen LogP contribution in [0.1, 0.15) is 33.3 Å². The molecule has 36 heavy (non-hydrogen) atoms. The lowest BCUT2D eigenvalue weighted by molar-refractivity contribution is -0.118. The number of carbonyl (C=O) groups is 2. The summed E-state index contributed by atoms with van der Waals surface area (Å²) in [7, 11) is 0. The molecule has 0 aliphatic rings. The van der Waals surface area contributed by atoms with Crippen molar-refractivity contribution in [2.75, 3.05) is 12.4 Å². The maximum atomic E-state index is 13.6. The van der Waals surface area contributed by atoms with Gasteiger partial charge in [-0.05, 0) is 42.7 Å². The molecule has 2 heterocycles. The largest absolute Gasteiger partial charge is 0.462 e. The van der Waals surface area contributed by atoms with Crippen molar-refractivity contribution < 1.29 is 14.3 Å². The number of thiophene rings is 1. The first-order valence-electron chi connectivity index (χ1n) is 11.3. The minimum Gasteiger partial charge on any atom is -0.462 e. The Balaban J connectivity index is 1.66. The predicted octanol–water partition coefficient (Wildman–Crippen LogP) is 5.05. The van der Waals surface area contributed by atoms with Crippen LogP contribution in [0.3, 0.4) is 0 Å². The number of rotatable bonds is 9. The lowest BCUT2D eigenvalue weighted by Crippen LogP contribution is -2.27. The number of ether oxygens (including phenoxy) is 1. The Labute approximate surface area is 221 Å². The van der Waals surface area contributed by atoms with E-state index in [4.69, 9.17) is 21.3 Å². The lowest BCUT2D eigenvalue weighted by Gasteiger charge is -2.13. The second kappa shape index (κ2) is 11.7. The number of carbonyl (C=O) groups excluding carboxylic acids is 2. The van der Waals surface area contributed by atoms with E-state index >= 15 is 0 Å². The van der Waals surface area contributed by atoms with Crippen molar-refractivity contribution in [1.82, 2.24) is 14.9 Å². The van der Waals surface area contributed by atoms with Crippen LogP contribution >= 0.6 is 34.7 Å². The molecule has 2 aromatic carbocycles. The molecule has 7 nitrogen and oxygen atoms in total. The van der Waals surface area contributed by atoms with Crippen LogP contribution in [0.15, 0.2) is 64.5 Å². The molecule has 0 fully saturated rings. The minimum atomic E-state index is -0.478. The van der Waals surface area contributed by atoms with Gasteiger partial charge in [0.25, 0.3) is 5.56 Å². The van der Waals surface area contributed by atoms with E-state index in [0.717, 1.165) is 22.5 Å². The molecule has 186 valence electrons. The molecule has 0 saturated carbocycles. The van der Waals surface area contributed by atoms with Gasteiger partial charge in [0.05, 0.1) is 24.3 Å². The van der Waals surface area contributed by atoms with Crippen LogP contribution in [0, 0.1) is 6.92 Å². The zero-order valence-corrected chi connectivity index (χ0v) is 22.1. The summed E-state index contributed by atoms with van der Waals surface area (Å²) >= 11 is 8.46. The molecule has 4 rings (SSSR count). The molecule has 0 aliphatic carbocycles. The van der Waals surface area contributed by atoms with Crippen molar-refractivity contribution in [3.8, 4) is 0 Å². The highest BCUT2D eigenvalue weighted by molar-refractivity contribution is 7.99. The summed E-state index contributed by atoms with van der Waals surface area (Å²) in [4.78, 5) is 44.1. The minimum absolute atomic E-state index is 0.0788. The first kappa shape index (κ1) is 25.9. The van der Waals surface area contributed by atoms with E-state index in [0.29, 0.717) is 37.4 Å². The molecule has 0 aliphatic heterocycles. The third-order valence-electron chi connectivity index (χ3n) is 5.37. The molecule has 0 bridgehead atoms. The van der Waals surface area contributed by atoms with Gasteiger partial charge >= 0.3 is 5.97 Å². The second-order valence-electron chi connectivity index (χ2n) is 7.92. The molecule has 0 radical (unpaired) electrons. The van der Waals surface area contributed by atoms with E-state index in [1.54, 1.807) is 26.0 Å². The molecular formula is C26H24ClN3O4S2. The highest BCUT2D eigenvalue weighted by Gasteiger charge is 2.23. The summed E-state index contributed by atoms with van der Waals surface area (Å²) in [5.74, 6) is -0.578. The molecule has 1 amide bonds. The van der Waals surface area contributed by atoms with E-state index < -0.39 is 5.97 Å². The molecule has 0 spiro atoms. The third kappa shape index (κ3) is 5.98. The number of aryl methyl sites for hydroxylation is 1. The van der Waals surface area contributed by atoms with Crippen molar-refractivity contribution in [1.29, 1.82) is 0 Å². The Kier molecular flexibility index (Phi) is 8.45. The number of hydrogen-bond acceptors (Lipinski definition) is 7. The maximum Gasteiger partial charge on any atom is 0.348 e. The number of hydrogen-bond donors (Lipinski definition) is 1. The van der Waals surface area contributed by atoms with Crippen molar-refractivity contribution >= 4 is 56.8 Å². The highest BCUT2D eigenvalue weighted by Crippen LogP contribution is 2.30. The SMILES string of the molecule is CCOC(=O)c1sc2nc(SCC(=O)NCc3ccccc3)n(Cc3cccc(Cl)c3)c(=O)c2c1C. The molecule has 2 aromatic heterocycles. The first-order chi connectivity index (χ1) is 17.4. The van der Waals surface area contributed by atoms with Gasteiger partial charge < -0.3 is 10.1 Å². The molecule has 0 atom stereocenters. The summed E-state index contributed by atoms with van der Waals surface area (Å²) in [6.07, 6.45) is 0. The summed E-state index contributed by atoms with van der Waals surface area (Å²) in [5, 5.41) is 4.21. The monoisotopic (exact) mass is 541 g/mol. The maximum absolute atomic E-state index is 13.6. The van der Waals surface area contributed by atoms with Gasteiger partial charge in [0.2, 0.25) is 5.91 Å². The summed E-state index contributed by atoms with van der Waals surface area (Å²) in [6, 6.07) is 16.8. The number of aromatic nitrogens is 2. The number of thioether (sulfide) groups is 1. The Bertz CT molecular complexity index is 1470. The Morgan fingerprint density at radius 1 is 1.14 bits per heavy atom. The normalized spacial score (nSPS) is 11.0. The smallest absolute Gasteiger partial charge is 0.348 e. The van der Waals surface area contributed by atoms with Crippen molar-refractivity contribution in [3.05, 3.63) is 91.5 Å². The van der Waals surface area contributed by atoms with Crippen molar-refractivity contribution in [2.24, 2.45) is 0 Å². The number of esters is 1. The van der Waals surface area contributed by atoms with E-state index in [2.05, 4.69) is 5.32 Å². The standard InChI is InChI=1S/C26H24ClN3O4S2/c1-3-34-25(33)22-16(2)21-23(36-22)29-26(30(24(21)32)14-18-10-7-11-19(27)12-18)35-15-20(31)28-13-17-8-5-4-6-9-17/h4-12H,3,13-15H2,1-2H3,(H,28,31). The number of benzene rings is 2. The van der Waals surface area contributed by atoms with E-state index in [-0.39, 0.29) is 30.4 Å². The van der Waals surface area contributed by atoms with Crippen LogP contribution in [-0.4, -0.2) is 33.8 Å². The molecule has 4 aromatic rings. The predicted molar refractivity (Wildman–Crippen MR) is 144 cm³/mol. The number of fused-ring (bicyclic) bond motifs is 1. The Hall–Kier alpha value is -3.14. The Morgan fingerprint density at radius 2 is 1.89 bits per heavy atom. The van der Waals surface area contributed by atoms with E-state index in [1.165, 1.54) is 16.3 Å². The van der Waals surface area contributed by atoms with Gasteiger partial charge in [0, 0.05) is 11.6 Å². The summed E-state index contributed by atoms with van der Waals surface area (Å²) < 4.78 is 6.68. The summed E-state index contributed by atoms with van der Waals surface area (Å²) in [5.41, 5.74) is 2.08. The van der Waals surface area contributed by atoms with Crippen LogP contribution < -0.4 is 10.9 Å². The topological polar surface area (TPSA) is 90.3 Å². The van der Waals surface area contributed by atoms with Crippen LogP contribution in [0.25, 0.3) is 10.2 Å². The van der Waals surface area contributed by atoms with Crippen LogP contribution in [-0.2, 0) is 22.6 Å². The average molecular weight is 542 g/mol. The molecular weight excluding hydrogens is 518 g/mol. The molecule has 0 unspecified atom stereocenters. The fourth-order valence-corrected chi connectivity index (χ4v) is 5.79. The van der Waals surface area contributed by atoms with Gasteiger partial charge in [0.15, 0.2) is 5.16 Å². The molecule has 0 saturated heterocycles. The first-order valence-corrected chi connectivity index (χ1v) is 13.4. The van der Waals surface area contributed by atoms with E-state index in [1.807, 2.05) is 42.5 Å². The lowest BCUT2D eigenvalue weighted by atomic mass is 10.2. The quantitative estimate of drug-likeness (QED) is 0.181. The van der Waals surface area contributed by atoms with E-state index in [9.17, 15) is 14.4 Å². The zero-order valence-electron chi connectivity index (χ0n) is 19.7. The number of nitrogens with zero attached hydrogens (tertiary/aromatic N) is 2.